The summed E-state index contributed by atoms with van der Waals surface area (Å²) in [5, 5.41) is 19.5. The van der Waals surface area contributed by atoms with Crippen LogP contribution in [0.3, 0.4) is 0 Å². The highest BCUT2D eigenvalue weighted by Gasteiger charge is 2.19. The van der Waals surface area contributed by atoms with E-state index in [2.05, 4.69) is 15.9 Å². The van der Waals surface area contributed by atoms with Gasteiger partial charge in [-0.1, -0.05) is 15.9 Å². The van der Waals surface area contributed by atoms with Crippen LogP contribution in [0, 0.1) is 25.0 Å². The summed E-state index contributed by atoms with van der Waals surface area (Å²) >= 11 is 4.77. The van der Waals surface area contributed by atoms with Gasteiger partial charge in [0.25, 0.3) is 5.69 Å². The van der Waals surface area contributed by atoms with Gasteiger partial charge in [0, 0.05) is 21.3 Å². The number of alkyl halides is 1. The minimum absolute atomic E-state index is 0.0267. The number of non-ortho nitro benzene ring substituents is 1. The molecule has 0 saturated heterocycles. The molecule has 0 atom stereocenters. The fourth-order valence-corrected chi connectivity index (χ4v) is 2.14. The second-order valence-corrected chi connectivity index (χ2v) is 4.50. The highest BCUT2D eigenvalue weighted by atomic mass is 127. The van der Waals surface area contributed by atoms with E-state index >= 15 is 0 Å². The van der Waals surface area contributed by atoms with Gasteiger partial charge in [-0.05, 0) is 22.6 Å². The Balaban J connectivity index is 3.50. The quantitative estimate of drug-likeness (QED) is 0.259. The van der Waals surface area contributed by atoms with E-state index in [1.54, 1.807) is 22.6 Å². The van der Waals surface area contributed by atoms with Gasteiger partial charge in [-0.3, -0.25) is 14.9 Å². The normalized spacial score (nSPS) is 9.56. The summed E-state index contributed by atoms with van der Waals surface area (Å²) in [4.78, 5) is 21.5. The van der Waals surface area contributed by atoms with E-state index in [9.17, 15) is 14.9 Å². The van der Waals surface area contributed by atoms with Crippen molar-refractivity contribution in [2.24, 2.45) is 0 Å². The third-order valence-corrected chi connectivity index (χ3v) is 3.18. The van der Waals surface area contributed by atoms with Crippen molar-refractivity contribution >= 4 is 50.0 Å². The fourth-order valence-electron chi connectivity index (χ4n) is 1.10. The number of ketones is 1. The number of hydrogen-bond donors (Lipinski definition) is 0. The third kappa shape index (κ3) is 2.56. The lowest BCUT2D eigenvalue weighted by molar-refractivity contribution is -0.385. The van der Waals surface area contributed by atoms with Crippen LogP contribution in [-0.4, -0.2) is 16.0 Å². The molecule has 0 bridgehead atoms. The van der Waals surface area contributed by atoms with Crippen molar-refractivity contribution < 1.29 is 9.72 Å². The molecule has 0 amide bonds. The number of carbonyl (C=O) groups is 1. The van der Waals surface area contributed by atoms with Crippen LogP contribution in [0.5, 0.6) is 0 Å². The average molecular weight is 395 g/mol. The lowest BCUT2D eigenvalue weighted by atomic mass is 10.0. The number of hydrogen-bond acceptors (Lipinski definition) is 4. The molecular weight excluding hydrogens is 391 g/mol. The van der Waals surface area contributed by atoms with Gasteiger partial charge >= 0.3 is 0 Å². The maximum Gasteiger partial charge on any atom is 0.271 e. The maximum absolute atomic E-state index is 11.5. The van der Waals surface area contributed by atoms with E-state index in [1.807, 2.05) is 6.07 Å². The smallest absolute Gasteiger partial charge is 0.271 e. The molecule has 7 heteroatoms. The van der Waals surface area contributed by atoms with Crippen molar-refractivity contribution in [2.75, 3.05) is 5.33 Å². The molecule has 1 aromatic carbocycles. The van der Waals surface area contributed by atoms with Gasteiger partial charge < -0.3 is 0 Å². The van der Waals surface area contributed by atoms with Crippen LogP contribution in [0.2, 0.25) is 0 Å². The first-order valence-electron chi connectivity index (χ1n) is 3.98. The van der Waals surface area contributed by atoms with Crippen molar-refractivity contribution in [2.45, 2.75) is 0 Å². The Labute approximate surface area is 113 Å². The van der Waals surface area contributed by atoms with Crippen LogP contribution >= 0.6 is 38.5 Å². The summed E-state index contributed by atoms with van der Waals surface area (Å²) in [7, 11) is 0. The van der Waals surface area contributed by atoms with Crippen molar-refractivity contribution in [3.8, 4) is 6.07 Å². The maximum atomic E-state index is 11.5. The molecule has 0 N–H and O–H groups in total. The molecule has 0 aromatic heterocycles. The Hall–Kier alpha value is -1.01. The van der Waals surface area contributed by atoms with E-state index in [1.165, 1.54) is 6.07 Å². The lowest BCUT2D eigenvalue weighted by Gasteiger charge is -2.03. The number of halogens is 2. The fraction of sp³-hybridized carbons (Fsp3) is 0.111. The van der Waals surface area contributed by atoms with Gasteiger partial charge in [0.15, 0.2) is 5.78 Å². The van der Waals surface area contributed by atoms with Crippen LogP contribution in [0.4, 0.5) is 5.69 Å². The van der Waals surface area contributed by atoms with Crippen LogP contribution < -0.4 is 0 Å². The number of rotatable bonds is 3. The second-order valence-electron chi connectivity index (χ2n) is 2.78. The molecule has 0 heterocycles. The molecule has 0 saturated carbocycles. The molecule has 1 aromatic rings. The van der Waals surface area contributed by atoms with E-state index < -0.39 is 4.92 Å². The zero-order valence-corrected chi connectivity index (χ0v) is 11.5. The average Bonchev–Trinajstić information content (AvgIpc) is 2.26. The molecule has 1 rings (SSSR count). The largest absolute Gasteiger partial charge is 0.293 e. The SMILES string of the molecule is N#Cc1c(I)cc([N+](=O)[O-])cc1C(=O)CBr. The monoisotopic (exact) mass is 394 g/mol. The molecule has 0 aliphatic heterocycles. The molecule has 0 aliphatic carbocycles. The molecule has 0 fully saturated rings. The predicted octanol–water partition coefficient (Wildman–Crippen LogP) is 2.65. The number of nitro benzene ring substituents is 1. The highest BCUT2D eigenvalue weighted by Crippen LogP contribution is 2.24. The Morgan fingerprint density at radius 3 is 2.69 bits per heavy atom. The first-order valence-corrected chi connectivity index (χ1v) is 6.18. The van der Waals surface area contributed by atoms with E-state index in [0.29, 0.717) is 3.57 Å². The van der Waals surface area contributed by atoms with Crippen LogP contribution in [0.15, 0.2) is 12.1 Å². The van der Waals surface area contributed by atoms with Crippen LogP contribution in [0.25, 0.3) is 0 Å². The van der Waals surface area contributed by atoms with Gasteiger partial charge in [-0.2, -0.15) is 5.26 Å². The first kappa shape index (κ1) is 13.1. The Bertz CT molecular complexity index is 510. The number of nitriles is 1. The standard InChI is InChI=1S/C9H4BrIN2O3/c10-3-9(14)6-1-5(13(15)16)2-8(11)7(6)4-12/h1-2H,3H2. The van der Waals surface area contributed by atoms with Crippen LogP contribution in [-0.2, 0) is 0 Å². The number of nitro groups is 1. The summed E-state index contributed by atoms with van der Waals surface area (Å²) in [6.07, 6.45) is 0. The van der Waals surface area contributed by atoms with Gasteiger partial charge in [0.05, 0.1) is 15.8 Å². The summed E-state index contributed by atoms with van der Waals surface area (Å²) in [5.41, 5.74) is 0.0707. The zero-order valence-electron chi connectivity index (χ0n) is 7.74. The first-order chi connectivity index (χ1) is 7.51. The number of benzene rings is 1. The molecular formula is C9H4BrIN2O3. The minimum Gasteiger partial charge on any atom is -0.293 e. The third-order valence-electron chi connectivity index (χ3n) is 1.82. The number of carbonyl (C=O) groups excluding carboxylic acids is 1. The summed E-state index contributed by atoms with van der Waals surface area (Å²) in [6, 6.07) is 4.27. The number of nitrogens with zero attached hydrogens (tertiary/aromatic N) is 2. The molecule has 0 aliphatic rings. The molecule has 0 radical (unpaired) electrons. The number of Topliss-reactive ketones (excluding diaryl/α,β-unsaturated/α-hetero) is 1. The van der Waals surface area contributed by atoms with Gasteiger partial charge in [-0.15, -0.1) is 0 Å². The van der Waals surface area contributed by atoms with Crippen molar-refractivity contribution in [1.82, 2.24) is 0 Å². The molecule has 82 valence electrons. The summed E-state index contributed by atoms with van der Waals surface area (Å²) < 4.78 is 0.401. The molecule has 0 unspecified atom stereocenters. The Morgan fingerprint density at radius 1 is 1.62 bits per heavy atom. The molecule has 0 spiro atoms. The summed E-state index contributed by atoms with van der Waals surface area (Å²) in [5.74, 6) is -0.349. The van der Waals surface area contributed by atoms with E-state index in [0.717, 1.165) is 6.07 Å². The second kappa shape index (κ2) is 5.36. The Morgan fingerprint density at radius 2 is 2.25 bits per heavy atom. The minimum atomic E-state index is -0.589. The Kier molecular flexibility index (Phi) is 4.37. The summed E-state index contributed by atoms with van der Waals surface area (Å²) in [6.45, 7) is 0. The lowest BCUT2D eigenvalue weighted by Crippen LogP contribution is -2.06. The van der Waals surface area contributed by atoms with Crippen LogP contribution in [0.1, 0.15) is 15.9 Å². The highest BCUT2D eigenvalue weighted by molar-refractivity contribution is 14.1. The van der Waals surface area contributed by atoms with Crippen molar-refractivity contribution in [1.29, 1.82) is 5.26 Å². The van der Waals surface area contributed by atoms with Crippen molar-refractivity contribution in [3.63, 3.8) is 0 Å². The predicted molar refractivity (Wildman–Crippen MR) is 68.7 cm³/mol. The van der Waals surface area contributed by atoms with Gasteiger partial charge in [0.2, 0.25) is 0 Å². The van der Waals surface area contributed by atoms with E-state index in [4.69, 9.17) is 5.26 Å². The molecule has 5 nitrogen and oxygen atoms in total. The molecule has 16 heavy (non-hydrogen) atoms. The van der Waals surface area contributed by atoms with Crippen molar-refractivity contribution in [3.05, 3.63) is 36.9 Å². The topological polar surface area (TPSA) is 84.0 Å². The van der Waals surface area contributed by atoms with Gasteiger partial charge in [-0.25, -0.2) is 0 Å². The van der Waals surface area contributed by atoms with E-state index in [-0.39, 0.29) is 27.9 Å². The zero-order chi connectivity index (χ0) is 12.3. The van der Waals surface area contributed by atoms with Gasteiger partial charge in [0.1, 0.15) is 6.07 Å².